The molecule has 2 amide bonds. The number of carboxylic acids is 1. The topological polar surface area (TPSA) is 105 Å². The maximum absolute atomic E-state index is 12.7. The van der Waals surface area contributed by atoms with Gasteiger partial charge in [-0.1, -0.05) is 48.5 Å². The number of nitrogens with one attached hydrogen (secondary N) is 2. The Morgan fingerprint density at radius 2 is 1.59 bits per heavy atom. The van der Waals surface area contributed by atoms with Crippen molar-refractivity contribution < 1.29 is 24.2 Å². The largest absolute Gasteiger partial charge is 0.481 e. The molecule has 0 atom stereocenters. The second-order valence-electron chi connectivity index (χ2n) is 9.96. The number of carbonyl (C=O) groups is 3. The Kier molecular flexibility index (Phi) is 6.02. The van der Waals surface area contributed by atoms with Crippen LogP contribution >= 0.6 is 0 Å². The van der Waals surface area contributed by atoms with Crippen LogP contribution in [0.25, 0.3) is 11.1 Å². The van der Waals surface area contributed by atoms with E-state index in [4.69, 9.17) is 9.84 Å². The van der Waals surface area contributed by atoms with E-state index in [0.29, 0.717) is 12.8 Å². The third-order valence-corrected chi connectivity index (χ3v) is 7.58. The molecule has 0 aromatic heterocycles. The number of amides is 2. The van der Waals surface area contributed by atoms with E-state index in [0.717, 1.165) is 30.4 Å². The van der Waals surface area contributed by atoms with Gasteiger partial charge in [-0.05, 0) is 60.3 Å². The van der Waals surface area contributed by atoms with E-state index in [1.165, 1.54) is 11.1 Å². The fraction of sp³-hybridized carbons (Fsp3) is 0.444. The number of carbonyl (C=O) groups excluding carboxylic acids is 2. The van der Waals surface area contributed by atoms with Gasteiger partial charge >= 0.3 is 12.1 Å². The van der Waals surface area contributed by atoms with Gasteiger partial charge in [-0.15, -0.1) is 0 Å². The van der Waals surface area contributed by atoms with Crippen molar-refractivity contribution in [2.45, 2.75) is 62.4 Å². The van der Waals surface area contributed by atoms with Crippen LogP contribution in [0, 0.1) is 5.92 Å². The molecule has 3 aliphatic rings. The normalized spacial score (nSPS) is 21.9. The van der Waals surface area contributed by atoms with E-state index in [9.17, 15) is 14.4 Å². The summed E-state index contributed by atoms with van der Waals surface area (Å²) >= 11 is 0. The van der Waals surface area contributed by atoms with Crippen LogP contribution in [0.4, 0.5) is 4.79 Å². The molecule has 0 heterocycles. The molecular weight excluding hydrogens is 432 g/mol. The summed E-state index contributed by atoms with van der Waals surface area (Å²) in [6.45, 7) is 0.245. The molecule has 0 bridgehead atoms. The van der Waals surface area contributed by atoms with Crippen molar-refractivity contribution in [2.24, 2.45) is 5.92 Å². The lowest BCUT2D eigenvalue weighted by Gasteiger charge is -2.42. The van der Waals surface area contributed by atoms with Gasteiger partial charge in [-0.25, -0.2) is 4.79 Å². The molecule has 0 unspecified atom stereocenters. The van der Waals surface area contributed by atoms with E-state index >= 15 is 0 Å². The predicted molar refractivity (Wildman–Crippen MR) is 126 cm³/mol. The molecule has 2 aromatic carbocycles. The van der Waals surface area contributed by atoms with Crippen LogP contribution in [-0.4, -0.2) is 41.3 Å². The lowest BCUT2D eigenvalue weighted by molar-refractivity contribution is -0.139. The highest BCUT2D eigenvalue weighted by Gasteiger charge is 2.42. The minimum atomic E-state index is -0.796. The Morgan fingerprint density at radius 1 is 0.971 bits per heavy atom. The van der Waals surface area contributed by atoms with Crippen molar-refractivity contribution >= 4 is 18.0 Å². The van der Waals surface area contributed by atoms with Gasteiger partial charge in [0.2, 0.25) is 5.91 Å². The average Bonchev–Trinajstić information content (AvgIpc) is 3.08. The second kappa shape index (κ2) is 9.12. The van der Waals surface area contributed by atoms with E-state index in [-0.39, 0.29) is 43.2 Å². The first kappa shape index (κ1) is 22.4. The molecule has 3 aliphatic carbocycles. The SMILES string of the molecule is O=C(O)CC1CC(NC(=O)CC2(NC(=O)OCC3c4ccccc4-c4ccccc43)CCC2)C1. The summed E-state index contributed by atoms with van der Waals surface area (Å²) in [6.07, 6.45) is 3.74. The standard InChI is InChI=1S/C27H30N2O5/c30-24(28-18-12-17(13-18)14-25(31)32)15-27(10-5-11-27)29-26(33)34-16-23-21-8-3-1-6-19(21)20-7-2-4-9-22(20)23/h1-4,6-9,17-18,23H,5,10-16H2,(H,28,30)(H,29,33)(H,31,32). The molecule has 2 fully saturated rings. The summed E-state index contributed by atoms with van der Waals surface area (Å²) in [5.74, 6) is -0.761. The Hall–Kier alpha value is -3.35. The molecule has 2 aromatic rings. The number of hydrogen-bond acceptors (Lipinski definition) is 4. The molecule has 5 rings (SSSR count). The number of aliphatic carboxylic acids is 1. The van der Waals surface area contributed by atoms with Crippen molar-refractivity contribution in [2.75, 3.05) is 6.61 Å². The number of benzene rings is 2. The van der Waals surface area contributed by atoms with Gasteiger partial charge in [0, 0.05) is 24.8 Å². The number of carboxylic acid groups (broad SMARTS) is 1. The molecule has 7 heteroatoms. The molecule has 0 saturated heterocycles. The lowest BCUT2D eigenvalue weighted by atomic mass is 9.73. The molecule has 7 nitrogen and oxygen atoms in total. The van der Waals surface area contributed by atoms with Crippen molar-refractivity contribution in [3.05, 3.63) is 59.7 Å². The maximum atomic E-state index is 12.7. The fourth-order valence-corrected chi connectivity index (χ4v) is 5.65. The van der Waals surface area contributed by atoms with Crippen LogP contribution in [0.15, 0.2) is 48.5 Å². The van der Waals surface area contributed by atoms with Gasteiger partial charge in [-0.3, -0.25) is 9.59 Å². The Morgan fingerprint density at radius 3 is 2.15 bits per heavy atom. The summed E-state index contributed by atoms with van der Waals surface area (Å²) in [5, 5.41) is 14.8. The van der Waals surface area contributed by atoms with Crippen LogP contribution in [0.2, 0.25) is 0 Å². The summed E-state index contributed by atoms with van der Waals surface area (Å²) in [7, 11) is 0. The fourth-order valence-electron chi connectivity index (χ4n) is 5.65. The minimum absolute atomic E-state index is 0.00356. The first-order chi connectivity index (χ1) is 16.4. The first-order valence-electron chi connectivity index (χ1n) is 12.1. The van der Waals surface area contributed by atoms with Crippen molar-refractivity contribution in [3.63, 3.8) is 0 Å². The van der Waals surface area contributed by atoms with Gasteiger partial charge in [-0.2, -0.15) is 0 Å². The molecule has 178 valence electrons. The smallest absolute Gasteiger partial charge is 0.407 e. The number of hydrogen-bond donors (Lipinski definition) is 3. The summed E-state index contributed by atoms with van der Waals surface area (Å²) in [4.78, 5) is 36.1. The molecule has 34 heavy (non-hydrogen) atoms. The summed E-state index contributed by atoms with van der Waals surface area (Å²) in [6, 6.07) is 16.5. The Balaban J connectivity index is 1.14. The zero-order chi connectivity index (χ0) is 23.7. The monoisotopic (exact) mass is 462 g/mol. The lowest BCUT2D eigenvalue weighted by Crippen LogP contribution is -2.57. The highest BCUT2D eigenvalue weighted by molar-refractivity contribution is 5.80. The van der Waals surface area contributed by atoms with Crippen LogP contribution < -0.4 is 10.6 Å². The number of rotatable bonds is 8. The summed E-state index contributed by atoms with van der Waals surface area (Å²) < 4.78 is 5.68. The van der Waals surface area contributed by atoms with E-state index < -0.39 is 17.6 Å². The highest BCUT2D eigenvalue weighted by atomic mass is 16.5. The molecule has 2 saturated carbocycles. The predicted octanol–water partition coefficient (Wildman–Crippen LogP) is 4.21. The summed E-state index contributed by atoms with van der Waals surface area (Å²) in [5.41, 5.74) is 4.13. The maximum Gasteiger partial charge on any atom is 0.407 e. The van der Waals surface area contributed by atoms with Gasteiger partial charge in [0.25, 0.3) is 0 Å². The zero-order valence-electron chi connectivity index (χ0n) is 19.1. The van der Waals surface area contributed by atoms with Crippen LogP contribution in [-0.2, 0) is 14.3 Å². The van der Waals surface area contributed by atoms with Gasteiger partial charge in [0.1, 0.15) is 6.61 Å². The van der Waals surface area contributed by atoms with Crippen molar-refractivity contribution in [3.8, 4) is 11.1 Å². The molecule has 0 aliphatic heterocycles. The third kappa shape index (κ3) is 4.52. The molecule has 0 radical (unpaired) electrons. The van der Waals surface area contributed by atoms with Crippen LogP contribution in [0.5, 0.6) is 0 Å². The van der Waals surface area contributed by atoms with Crippen LogP contribution in [0.1, 0.15) is 62.0 Å². The number of ether oxygens (including phenoxy) is 1. The minimum Gasteiger partial charge on any atom is -0.481 e. The molecular formula is C27H30N2O5. The Bertz CT molecular complexity index is 1060. The number of alkyl carbamates (subject to hydrolysis) is 1. The zero-order valence-corrected chi connectivity index (χ0v) is 19.1. The Labute approximate surface area is 198 Å². The molecule has 3 N–H and O–H groups in total. The van der Waals surface area contributed by atoms with Gasteiger partial charge in [0.15, 0.2) is 0 Å². The first-order valence-corrected chi connectivity index (χ1v) is 12.1. The second-order valence-corrected chi connectivity index (χ2v) is 9.96. The van der Waals surface area contributed by atoms with Gasteiger partial charge < -0.3 is 20.5 Å². The van der Waals surface area contributed by atoms with E-state index in [1.807, 2.05) is 24.3 Å². The quantitative estimate of drug-likeness (QED) is 0.545. The average molecular weight is 463 g/mol. The highest BCUT2D eigenvalue weighted by Crippen LogP contribution is 2.44. The van der Waals surface area contributed by atoms with E-state index in [2.05, 4.69) is 34.9 Å². The van der Waals surface area contributed by atoms with E-state index in [1.54, 1.807) is 0 Å². The van der Waals surface area contributed by atoms with Crippen molar-refractivity contribution in [1.82, 2.24) is 10.6 Å². The van der Waals surface area contributed by atoms with Crippen molar-refractivity contribution in [1.29, 1.82) is 0 Å². The molecule has 0 spiro atoms. The van der Waals surface area contributed by atoms with Gasteiger partial charge in [0.05, 0.1) is 5.54 Å². The van der Waals surface area contributed by atoms with Crippen LogP contribution in [0.3, 0.4) is 0 Å². The third-order valence-electron chi connectivity index (χ3n) is 7.58. The number of fused-ring (bicyclic) bond motifs is 3.